The molecule has 1 rings (SSSR count). The van der Waals surface area contributed by atoms with E-state index >= 15 is 0 Å². The summed E-state index contributed by atoms with van der Waals surface area (Å²) in [5, 5.41) is 3.20. The van der Waals surface area contributed by atoms with Crippen LogP contribution in [0.4, 0.5) is 0 Å². The molecule has 13 heavy (non-hydrogen) atoms. The predicted molar refractivity (Wildman–Crippen MR) is 51.7 cm³/mol. The first-order valence-electron chi connectivity index (χ1n) is 5.08. The van der Waals surface area contributed by atoms with Gasteiger partial charge in [-0.1, -0.05) is 6.92 Å². The van der Waals surface area contributed by atoms with Crippen molar-refractivity contribution < 1.29 is 9.53 Å². The highest BCUT2D eigenvalue weighted by molar-refractivity contribution is 5.83. The Bertz CT molecular complexity index is 164. The van der Waals surface area contributed by atoms with Crippen LogP contribution < -0.4 is 5.32 Å². The molecule has 1 aliphatic heterocycles. The molecule has 2 atom stereocenters. The maximum Gasteiger partial charge on any atom is 0.152 e. The van der Waals surface area contributed by atoms with Crippen LogP contribution >= 0.6 is 0 Å². The van der Waals surface area contributed by atoms with Crippen LogP contribution in [0.3, 0.4) is 0 Å². The molecule has 0 aromatic carbocycles. The summed E-state index contributed by atoms with van der Waals surface area (Å²) >= 11 is 0. The minimum Gasteiger partial charge on any atom is -0.381 e. The van der Waals surface area contributed by atoms with Crippen LogP contribution in [0, 0.1) is 5.92 Å². The summed E-state index contributed by atoms with van der Waals surface area (Å²) in [6.07, 6.45) is 1.97. The van der Waals surface area contributed by atoms with Gasteiger partial charge in [-0.2, -0.15) is 0 Å². The third-order valence-electron chi connectivity index (χ3n) is 2.62. The minimum absolute atomic E-state index is 0.150. The lowest BCUT2D eigenvalue weighted by atomic mass is 10.0. The van der Waals surface area contributed by atoms with Crippen molar-refractivity contribution in [2.75, 3.05) is 19.8 Å². The molecule has 1 aliphatic rings. The average molecular weight is 185 g/mol. The van der Waals surface area contributed by atoms with Crippen LogP contribution in [-0.4, -0.2) is 31.6 Å². The average Bonchev–Trinajstić information content (AvgIpc) is 2.66. The second kappa shape index (κ2) is 5.35. The van der Waals surface area contributed by atoms with Gasteiger partial charge in [0.1, 0.15) is 0 Å². The van der Waals surface area contributed by atoms with Gasteiger partial charge in [0.05, 0.1) is 13.2 Å². The maximum atomic E-state index is 11.5. The molecule has 1 fully saturated rings. The van der Waals surface area contributed by atoms with Crippen LogP contribution in [0.5, 0.6) is 0 Å². The van der Waals surface area contributed by atoms with Gasteiger partial charge < -0.3 is 10.1 Å². The monoisotopic (exact) mass is 185 g/mol. The van der Waals surface area contributed by atoms with E-state index < -0.39 is 0 Å². The number of hydrogen-bond donors (Lipinski definition) is 1. The molecule has 1 saturated heterocycles. The van der Waals surface area contributed by atoms with Crippen molar-refractivity contribution in [2.45, 2.75) is 32.7 Å². The fraction of sp³-hybridized carbons (Fsp3) is 0.900. The van der Waals surface area contributed by atoms with Gasteiger partial charge in [0.15, 0.2) is 5.78 Å². The molecule has 1 heterocycles. The Morgan fingerprint density at radius 3 is 3.00 bits per heavy atom. The van der Waals surface area contributed by atoms with E-state index in [9.17, 15) is 4.79 Å². The number of rotatable bonds is 5. The highest BCUT2D eigenvalue weighted by atomic mass is 16.5. The fourth-order valence-corrected chi connectivity index (χ4v) is 1.35. The summed E-state index contributed by atoms with van der Waals surface area (Å²) in [6.45, 7) is 6.09. The van der Waals surface area contributed by atoms with Gasteiger partial charge in [0.25, 0.3) is 0 Å². The van der Waals surface area contributed by atoms with Crippen LogP contribution in [0.1, 0.15) is 26.7 Å². The van der Waals surface area contributed by atoms with Crippen molar-refractivity contribution in [3.05, 3.63) is 0 Å². The predicted octanol–water partition coefficient (Wildman–Crippen LogP) is 0.980. The zero-order chi connectivity index (χ0) is 9.68. The molecule has 1 N–H and O–H groups in total. The second-order valence-electron chi connectivity index (χ2n) is 3.72. The Hall–Kier alpha value is -0.410. The largest absolute Gasteiger partial charge is 0.381 e. The van der Waals surface area contributed by atoms with E-state index in [0.29, 0.717) is 25.0 Å². The number of carbonyl (C=O) groups excluding carboxylic acids is 1. The Morgan fingerprint density at radius 2 is 2.46 bits per heavy atom. The van der Waals surface area contributed by atoms with Gasteiger partial charge >= 0.3 is 0 Å². The van der Waals surface area contributed by atoms with E-state index in [-0.39, 0.29) is 5.92 Å². The van der Waals surface area contributed by atoms with E-state index in [2.05, 4.69) is 19.2 Å². The SMILES string of the molecule is CCC(C)NCC(=O)C1CCOC1. The van der Waals surface area contributed by atoms with E-state index in [4.69, 9.17) is 4.74 Å². The van der Waals surface area contributed by atoms with Crippen LogP contribution in [-0.2, 0) is 9.53 Å². The molecular formula is C10H19NO2. The molecule has 76 valence electrons. The Morgan fingerprint density at radius 1 is 1.69 bits per heavy atom. The molecule has 2 unspecified atom stereocenters. The molecule has 0 aliphatic carbocycles. The number of carbonyl (C=O) groups is 1. The summed E-state index contributed by atoms with van der Waals surface area (Å²) in [6, 6.07) is 0.436. The zero-order valence-corrected chi connectivity index (χ0v) is 8.51. The van der Waals surface area contributed by atoms with Gasteiger partial charge in [-0.25, -0.2) is 0 Å². The third kappa shape index (κ3) is 3.44. The standard InChI is InChI=1S/C10H19NO2/c1-3-8(2)11-6-10(12)9-4-5-13-7-9/h8-9,11H,3-7H2,1-2H3. The van der Waals surface area contributed by atoms with Crippen LogP contribution in [0.25, 0.3) is 0 Å². The van der Waals surface area contributed by atoms with Gasteiger partial charge in [0.2, 0.25) is 0 Å². The van der Waals surface area contributed by atoms with E-state index in [1.54, 1.807) is 0 Å². The Balaban J connectivity index is 2.16. The molecule has 3 heteroatoms. The van der Waals surface area contributed by atoms with E-state index in [1.165, 1.54) is 0 Å². The number of hydrogen-bond acceptors (Lipinski definition) is 3. The lowest BCUT2D eigenvalue weighted by Crippen LogP contribution is -2.34. The smallest absolute Gasteiger partial charge is 0.152 e. The lowest BCUT2D eigenvalue weighted by Gasteiger charge is -2.12. The molecule has 0 bridgehead atoms. The first-order chi connectivity index (χ1) is 6.24. The summed E-state index contributed by atoms with van der Waals surface area (Å²) in [4.78, 5) is 11.5. The highest BCUT2D eigenvalue weighted by Crippen LogP contribution is 2.12. The van der Waals surface area contributed by atoms with Crippen LogP contribution in [0.15, 0.2) is 0 Å². The number of ether oxygens (including phenoxy) is 1. The molecule has 3 nitrogen and oxygen atoms in total. The second-order valence-corrected chi connectivity index (χ2v) is 3.72. The van der Waals surface area contributed by atoms with Crippen molar-refractivity contribution in [1.29, 1.82) is 0 Å². The first kappa shape index (κ1) is 10.7. The molecule has 0 radical (unpaired) electrons. The van der Waals surface area contributed by atoms with Crippen molar-refractivity contribution in [3.8, 4) is 0 Å². The van der Waals surface area contributed by atoms with Crippen LogP contribution in [0.2, 0.25) is 0 Å². The molecular weight excluding hydrogens is 166 g/mol. The topological polar surface area (TPSA) is 38.3 Å². The Kier molecular flexibility index (Phi) is 4.39. The molecule has 0 amide bonds. The van der Waals surface area contributed by atoms with Gasteiger partial charge in [0, 0.05) is 18.6 Å². The van der Waals surface area contributed by atoms with Crippen molar-refractivity contribution in [3.63, 3.8) is 0 Å². The lowest BCUT2D eigenvalue weighted by molar-refractivity contribution is -0.122. The summed E-state index contributed by atoms with van der Waals surface area (Å²) in [7, 11) is 0. The first-order valence-corrected chi connectivity index (χ1v) is 5.08. The maximum absolute atomic E-state index is 11.5. The van der Waals surface area contributed by atoms with Gasteiger partial charge in [-0.15, -0.1) is 0 Å². The molecule has 0 aromatic rings. The third-order valence-corrected chi connectivity index (χ3v) is 2.62. The van der Waals surface area contributed by atoms with Crippen molar-refractivity contribution >= 4 is 5.78 Å². The quantitative estimate of drug-likeness (QED) is 0.694. The molecule has 0 spiro atoms. The Labute approximate surface area is 79.8 Å². The molecule has 0 saturated carbocycles. The number of Topliss-reactive ketones (excluding diaryl/α,β-unsaturated/α-hetero) is 1. The van der Waals surface area contributed by atoms with E-state index in [0.717, 1.165) is 19.4 Å². The van der Waals surface area contributed by atoms with Gasteiger partial charge in [-0.3, -0.25) is 4.79 Å². The fourth-order valence-electron chi connectivity index (χ4n) is 1.35. The summed E-state index contributed by atoms with van der Waals surface area (Å²) in [5.74, 6) is 0.453. The van der Waals surface area contributed by atoms with Crippen molar-refractivity contribution in [1.82, 2.24) is 5.32 Å². The summed E-state index contributed by atoms with van der Waals surface area (Å²) in [5.41, 5.74) is 0. The summed E-state index contributed by atoms with van der Waals surface area (Å²) < 4.78 is 5.16. The zero-order valence-electron chi connectivity index (χ0n) is 8.51. The highest BCUT2D eigenvalue weighted by Gasteiger charge is 2.22. The van der Waals surface area contributed by atoms with Crippen molar-refractivity contribution in [2.24, 2.45) is 5.92 Å². The normalized spacial score (nSPS) is 24.6. The van der Waals surface area contributed by atoms with Gasteiger partial charge in [-0.05, 0) is 19.8 Å². The number of nitrogens with one attached hydrogen (secondary N) is 1. The number of ketones is 1. The van der Waals surface area contributed by atoms with E-state index in [1.807, 2.05) is 0 Å². The molecule has 0 aromatic heterocycles. The minimum atomic E-state index is 0.150.